The normalized spacial score (nSPS) is 12.9. The van der Waals surface area contributed by atoms with Crippen molar-refractivity contribution in [3.63, 3.8) is 0 Å². The van der Waals surface area contributed by atoms with Gasteiger partial charge in [-0.2, -0.15) is 0 Å². The molecule has 0 radical (unpaired) electrons. The van der Waals surface area contributed by atoms with Crippen LogP contribution < -0.4 is 0 Å². The highest BCUT2D eigenvalue weighted by atomic mass is 35.5. The van der Waals surface area contributed by atoms with Crippen molar-refractivity contribution < 1.29 is 9.90 Å². The fourth-order valence-corrected chi connectivity index (χ4v) is 2.14. The largest absolute Gasteiger partial charge is 0.481 e. The average Bonchev–Trinajstić information content (AvgIpc) is 2.55. The summed E-state index contributed by atoms with van der Waals surface area (Å²) < 4.78 is 0. The number of hydrogen-bond donors (Lipinski definition) is 2. The molecule has 0 saturated carbocycles. The minimum absolute atomic E-state index is 0.391. The van der Waals surface area contributed by atoms with E-state index in [0.717, 1.165) is 22.2 Å². The number of nitrogens with one attached hydrogen (secondary N) is 1. The molecule has 1 heterocycles. The smallest absolute Gasteiger partial charge is 0.306 e. The number of aryl methyl sites for hydroxylation is 1. The predicted molar refractivity (Wildman–Crippen MR) is 68.5 cm³/mol. The number of carboxylic acids is 1. The van der Waals surface area contributed by atoms with E-state index in [1.165, 1.54) is 0 Å². The Morgan fingerprint density at radius 3 is 2.88 bits per heavy atom. The Labute approximate surface area is 104 Å². The molecule has 2 N–H and O–H groups in total. The van der Waals surface area contributed by atoms with Crippen LogP contribution in [-0.4, -0.2) is 16.1 Å². The van der Waals surface area contributed by atoms with E-state index in [4.69, 9.17) is 16.7 Å². The Bertz CT molecular complexity index is 574. The zero-order valence-corrected chi connectivity index (χ0v) is 10.5. The van der Waals surface area contributed by atoms with Crippen molar-refractivity contribution in [1.82, 2.24) is 4.98 Å². The molecular weight excluding hydrogens is 238 g/mol. The number of carbonyl (C=O) groups is 1. The van der Waals surface area contributed by atoms with Crippen molar-refractivity contribution in [1.29, 1.82) is 0 Å². The second kappa shape index (κ2) is 4.41. The maximum absolute atomic E-state index is 10.8. The third-order valence-corrected chi connectivity index (χ3v) is 3.29. The molecule has 1 aromatic carbocycles. The fourth-order valence-electron chi connectivity index (χ4n) is 1.96. The minimum Gasteiger partial charge on any atom is -0.481 e. The second-order valence-corrected chi connectivity index (χ2v) is 4.80. The molecule has 0 spiro atoms. The molecule has 4 heteroatoms. The van der Waals surface area contributed by atoms with Crippen LogP contribution in [0.15, 0.2) is 18.2 Å². The van der Waals surface area contributed by atoms with Crippen LogP contribution in [0, 0.1) is 12.8 Å². The van der Waals surface area contributed by atoms with Crippen molar-refractivity contribution in [3.05, 3.63) is 34.5 Å². The maximum Gasteiger partial charge on any atom is 0.306 e. The van der Waals surface area contributed by atoms with Crippen LogP contribution in [0.5, 0.6) is 0 Å². The third-order valence-electron chi connectivity index (χ3n) is 3.06. The summed E-state index contributed by atoms with van der Waals surface area (Å²) >= 11 is 5.92. The number of carboxylic acid groups (broad SMARTS) is 1. The lowest BCUT2D eigenvalue weighted by Crippen LogP contribution is -2.12. The monoisotopic (exact) mass is 251 g/mol. The number of fused-ring (bicyclic) bond motifs is 1. The summed E-state index contributed by atoms with van der Waals surface area (Å²) in [6.45, 7) is 3.71. The first-order valence-electron chi connectivity index (χ1n) is 5.48. The molecule has 1 atom stereocenters. The Balaban J connectivity index is 2.42. The zero-order valence-electron chi connectivity index (χ0n) is 9.75. The van der Waals surface area contributed by atoms with Crippen molar-refractivity contribution >= 4 is 28.5 Å². The minimum atomic E-state index is -0.777. The molecule has 2 rings (SSSR count). The molecule has 2 aromatic rings. The van der Waals surface area contributed by atoms with Gasteiger partial charge < -0.3 is 10.1 Å². The van der Waals surface area contributed by atoms with Crippen LogP contribution in [-0.2, 0) is 11.2 Å². The van der Waals surface area contributed by atoms with Gasteiger partial charge in [0.1, 0.15) is 0 Å². The van der Waals surface area contributed by atoms with Crippen molar-refractivity contribution in [2.45, 2.75) is 20.3 Å². The van der Waals surface area contributed by atoms with Crippen molar-refractivity contribution in [3.8, 4) is 0 Å². The maximum atomic E-state index is 10.8. The molecule has 90 valence electrons. The summed E-state index contributed by atoms with van der Waals surface area (Å²) in [4.78, 5) is 14.1. The molecule has 1 unspecified atom stereocenters. The molecule has 0 saturated heterocycles. The van der Waals surface area contributed by atoms with Crippen molar-refractivity contribution in [2.24, 2.45) is 5.92 Å². The van der Waals surface area contributed by atoms with Gasteiger partial charge in [-0.15, -0.1) is 0 Å². The second-order valence-electron chi connectivity index (χ2n) is 4.36. The Kier molecular flexibility index (Phi) is 3.11. The van der Waals surface area contributed by atoms with E-state index in [9.17, 15) is 4.79 Å². The highest BCUT2D eigenvalue weighted by Crippen LogP contribution is 2.26. The van der Waals surface area contributed by atoms with Crippen LogP contribution in [0.1, 0.15) is 18.2 Å². The van der Waals surface area contributed by atoms with Crippen LogP contribution in [0.4, 0.5) is 0 Å². The first-order valence-corrected chi connectivity index (χ1v) is 5.86. The summed E-state index contributed by atoms with van der Waals surface area (Å²) in [5.41, 5.74) is 3.03. The lowest BCUT2D eigenvalue weighted by Gasteiger charge is -2.04. The SMILES string of the molecule is Cc1c(CC(C)C(=O)O)[nH]c2cc(Cl)ccc12. The topological polar surface area (TPSA) is 53.1 Å². The van der Waals surface area contributed by atoms with E-state index < -0.39 is 11.9 Å². The molecule has 1 aromatic heterocycles. The molecule has 0 bridgehead atoms. The van der Waals surface area contributed by atoms with Gasteiger partial charge in [0.2, 0.25) is 0 Å². The van der Waals surface area contributed by atoms with E-state index in [0.29, 0.717) is 11.4 Å². The van der Waals surface area contributed by atoms with Crippen molar-refractivity contribution in [2.75, 3.05) is 0 Å². The standard InChI is InChI=1S/C13H14ClNO2/c1-7(13(16)17)5-11-8(2)10-4-3-9(14)6-12(10)15-11/h3-4,6-7,15H,5H2,1-2H3,(H,16,17). The Morgan fingerprint density at radius 1 is 1.53 bits per heavy atom. The number of aliphatic carboxylic acids is 1. The average molecular weight is 252 g/mol. The van der Waals surface area contributed by atoms with E-state index in [2.05, 4.69) is 4.98 Å². The van der Waals surface area contributed by atoms with Gasteiger partial charge in [0.15, 0.2) is 0 Å². The number of halogens is 1. The van der Waals surface area contributed by atoms with Gasteiger partial charge in [0.25, 0.3) is 0 Å². The molecular formula is C13H14ClNO2. The molecule has 0 fully saturated rings. The van der Waals surface area contributed by atoms with Gasteiger partial charge in [-0.3, -0.25) is 4.79 Å². The number of H-pyrrole nitrogens is 1. The van der Waals surface area contributed by atoms with Gasteiger partial charge >= 0.3 is 5.97 Å². The van der Waals surface area contributed by atoms with Gasteiger partial charge in [0, 0.05) is 28.0 Å². The van der Waals surface area contributed by atoms with Gasteiger partial charge in [-0.05, 0) is 24.6 Å². The van der Waals surface area contributed by atoms with E-state index in [1.54, 1.807) is 6.92 Å². The van der Waals surface area contributed by atoms with E-state index in [-0.39, 0.29) is 0 Å². The summed E-state index contributed by atoms with van der Waals surface area (Å²) in [6.07, 6.45) is 0.507. The molecule has 0 aliphatic carbocycles. The number of aromatic amines is 1. The summed E-state index contributed by atoms with van der Waals surface area (Å²) in [7, 11) is 0. The lowest BCUT2D eigenvalue weighted by molar-refractivity contribution is -0.141. The first kappa shape index (κ1) is 12.0. The third kappa shape index (κ3) is 2.29. The number of benzene rings is 1. The summed E-state index contributed by atoms with van der Waals surface area (Å²) in [6, 6.07) is 5.66. The quantitative estimate of drug-likeness (QED) is 0.879. The lowest BCUT2D eigenvalue weighted by atomic mass is 10.0. The van der Waals surface area contributed by atoms with Crippen LogP contribution >= 0.6 is 11.6 Å². The predicted octanol–water partition coefficient (Wildman–Crippen LogP) is 3.39. The Hall–Kier alpha value is -1.48. The van der Waals surface area contributed by atoms with Gasteiger partial charge in [0.05, 0.1) is 5.92 Å². The molecule has 3 nitrogen and oxygen atoms in total. The highest BCUT2D eigenvalue weighted by Gasteiger charge is 2.15. The molecule has 0 aliphatic heterocycles. The summed E-state index contributed by atoms with van der Waals surface area (Å²) in [5, 5.41) is 10.7. The van der Waals surface area contributed by atoms with Crippen LogP contribution in [0.2, 0.25) is 5.02 Å². The first-order chi connectivity index (χ1) is 7.99. The Morgan fingerprint density at radius 2 is 2.24 bits per heavy atom. The van der Waals surface area contributed by atoms with Crippen LogP contribution in [0.25, 0.3) is 10.9 Å². The zero-order chi connectivity index (χ0) is 12.6. The fraction of sp³-hybridized carbons (Fsp3) is 0.308. The molecule has 17 heavy (non-hydrogen) atoms. The van der Waals surface area contributed by atoms with Crippen LogP contribution in [0.3, 0.4) is 0 Å². The van der Waals surface area contributed by atoms with E-state index in [1.807, 2.05) is 25.1 Å². The molecule has 0 amide bonds. The summed E-state index contributed by atoms with van der Waals surface area (Å²) in [5.74, 6) is -1.17. The van der Waals surface area contributed by atoms with Gasteiger partial charge in [-0.1, -0.05) is 24.6 Å². The van der Waals surface area contributed by atoms with E-state index >= 15 is 0 Å². The highest BCUT2D eigenvalue weighted by molar-refractivity contribution is 6.31. The number of aromatic nitrogens is 1. The number of rotatable bonds is 3. The molecule has 0 aliphatic rings. The number of hydrogen-bond acceptors (Lipinski definition) is 1. The van der Waals surface area contributed by atoms with Gasteiger partial charge in [-0.25, -0.2) is 0 Å².